The maximum Gasteiger partial charge on any atom is 0.361 e. The molecule has 1 N–H and O–H groups in total. The number of carboxylic acids is 1. The van der Waals surface area contributed by atoms with Crippen LogP contribution in [0.4, 0.5) is 0 Å². The van der Waals surface area contributed by atoms with Crippen molar-refractivity contribution in [2.24, 2.45) is 0 Å². The van der Waals surface area contributed by atoms with Crippen LogP contribution in [0.2, 0.25) is 0 Å². The smallest absolute Gasteiger partial charge is 0.361 e. The zero-order valence-electron chi connectivity index (χ0n) is 55.4. The highest BCUT2D eigenvalue weighted by Gasteiger charge is 2.25. The SMILES string of the molecule is CCCCC/C=C\C/C=C\CCCCCCCCCCCC(=O)OC(COC(=O)CCCCCCCCCCCCCCCCCCCCCCCCCCCCCCCCCCCCCCCC)COC(OCC[N+](C)(C)C)C(=O)O. The molecule has 0 aromatic heterocycles. The molecule has 0 radical (unpaired) electrons. The average molecular weight is 1160 g/mol. The van der Waals surface area contributed by atoms with Crippen molar-refractivity contribution in [3.05, 3.63) is 24.3 Å². The molecule has 9 nitrogen and oxygen atoms in total. The van der Waals surface area contributed by atoms with Gasteiger partial charge in [-0.25, -0.2) is 4.79 Å². The number of quaternary nitrogens is 1. The van der Waals surface area contributed by atoms with Crippen LogP contribution in [0.1, 0.15) is 367 Å². The average Bonchev–Trinajstić information content (AvgIpc) is 3.45. The Kier molecular flexibility index (Phi) is 63.0. The van der Waals surface area contributed by atoms with E-state index in [2.05, 4.69) is 38.2 Å². The van der Waals surface area contributed by atoms with Crippen LogP contribution in [0, 0.1) is 0 Å². The van der Waals surface area contributed by atoms with Crippen LogP contribution in [-0.2, 0) is 33.3 Å². The summed E-state index contributed by atoms with van der Waals surface area (Å²) in [5.41, 5.74) is 0. The molecular formula is C73H140NO8+. The molecule has 0 heterocycles. The van der Waals surface area contributed by atoms with Gasteiger partial charge in [0.15, 0.2) is 6.10 Å². The molecule has 0 aliphatic carbocycles. The monoisotopic (exact) mass is 1160 g/mol. The number of carbonyl (C=O) groups excluding carboxylic acids is 2. The number of rotatable bonds is 68. The fourth-order valence-electron chi connectivity index (χ4n) is 10.9. The summed E-state index contributed by atoms with van der Waals surface area (Å²) in [6.45, 7) is 4.91. The second-order valence-corrected chi connectivity index (χ2v) is 25.9. The van der Waals surface area contributed by atoms with E-state index in [4.69, 9.17) is 18.9 Å². The van der Waals surface area contributed by atoms with Gasteiger partial charge < -0.3 is 28.5 Å². The van der Waals surface area contributed by atoms with E-state index in [1.54, 1.807) is 0 Å². The molecule has 0 rings (SSSR count). The summed E-state index contributed by atoms with van der Waals surface area (Å²) in [4.78, 5) is 37.6. The number of aliphatic carboxylic acids is 1. The second kappa shape index (κ2) is 64.8. The first-order valence-electron chi connectivity index (χ1n) is 36.0. The third-order valence-electron chi connectivity index (χ3n) is 16.5. The van der Waals surface area contributed by atoms with Crippen LogP contribution in [0.3, 0.4) is 0 Å². The lowest BCUT2D eigenvalue weighted by Gasteiger charge is -2.25. The zero-order valence-corrected chi connectivity index (χ0v) is 55.4. The molecule has 9 heteroatoms. The van der Waals surface area contributed by atoms with Crippen LogP contribution in [0.15, 0.2) is 24.3 Å². The molecule has 0 aliphatic heterocycles. The van der Waals surface area contributed by atoms with Crippen LogP contribution in [0.25, 0.3) is 0 Å². The van der Waals surface area contributed by atoms with E-state index in [1.165, 1.54) is 289 Å². The molecule has 0 spiro atoms. The van der Waals surface area contributed by atoms with Gasteiger partial charge in [0.05, 0.1) is 34.4 Å². The highest BCUT2D eigenvalue weighted by molar-refractivity contribution is 5.71. The van der Waals surface area contributed by atoms with Crippen molar-refractivity contribution in [2.45, 2.75) is 379 Å². The molecule has 0 saturated carbocycles. The molecule has 2 atom stereocenters. The minimum Gasteiger partial charge on any atom is -0.477 e. The Balaban J connectivity index is 3.93. The molecule has 0 aromatic rings. The number of likely N-dealkylation sites (N-methyl/N-ethyl adjacent to an activating group) is 1. The molecule has 0 aromatic carbocycles. The highest BCUT2D eigenvalue weighted by atomic mass is 16.7. The first-order valence-corrected chi connectivity index (χ1v) is 36.0. The van der Waals surface area contributed by atoms with Gasteiger partial charge in [0.2, 0.25) is 0 Å². The number of nitrogens with zero attached hydrogens (tertiary/aromatic N) is 1. The summed E-state index contributed by atoms with van der Waals surface area (Å²) in [5, 5.41) is 9.73. The molecule has 0 bridgehead atoms. The van der Waals surface area contributed by atoms with E-state index >= 15 is 0 Å². The van der Waals surface area contributed by atoms with Crippen LogP contribution < -0.4 is 0 Å². The predicted octanol–water partition coefficient (Wildman–Crippen LogP) is 22.2. The normalized spacial score (nSPS) is 12.7. The van der Waals surface area contributed by atoms with Crippen molar-refractivity contribution in [3.8, 4) is 0 Å². The van der Waals surface area contributed by atoms with E-state index in [0.29, 0.717) is 17.4 Å². The van der Waals surface area contributed by atoms with Gasteiger partial charge in [0, 0.05) is 12.8 Å². The van der Waals surface area contributed by atoms with Gasteiger partial charge in [0.25, 0.3) is 6.29 Å². The van der Waals surface area contributed by atoms with Gasteiger partial charge in [-0.2, -0.15) is 0 Å². The second-order valence-electron chi connectivity index (χ2n) is 25.9. The molecule has 82 heavy (non-hydrogen) atoms. The lowest BCUT2D eigenvalue weighted by molar-refractivity contribution is -0.870. The van der Waals surface area contributed by atoms with E-state index in [0.717, 1.165) is 51.4 Å². The number of unbranched alkanes of at least 4 members (excludes halogenated alkanes) is 49. The Morgan fingerprint density at radius 1 is 0.366 bits per heavy atom. The Labute approximate surface area is 509 Å². The maximum absolute atomic E-state index is 12.9. The van der Waals surface area contributed by atoms with Gasteiger partial charge in [0.1, 0.15) is 13.2 Å². The number of carbonyl (C=O) groups is 3. The molecule has 0 saturated heterocycles. The Morgan fingerprint density at radius 2 is 0.659 bits per heavy atom. The summed E-state index contributed by atoms with van der Waals surface area (Å²) in [6, 6.07) is 0. The quantitative estimate of drug-likeness (QED) is 0.0211. The lowest BCUT2D eigenvalue weighted by Crippen LogP contribution is -2.40. The van der Waals surface area contributed by atoms with E-state index in [1.807, 2.05) is 21.1 Å². The Hall–Kier alpha value is -2.23. The fourth-order valence-corrected chi connectivity index (χ4v) is 10.9. The topological polar surface area (TPSA) is 108 Å². The number of hydrogen-bond acceptors (Lipinski definition) is 7. The highest BCUT2D eigenvalue weighted by Crippen LogP contribution is 2.19. The third kappa shape index (κ3) is 65.3. The Morgan fingerprint density at radius 3 is 0.988 bits per heavy atom. The first kappa shape index (κ1) is 79.8. The fraction of sp³-hybridized carbons (Fsp3) is 0.904. The summed E-state index contributed by atoms with van der Waals surface area (Å²) in [7, 11) is 5.98. The lowest BCUT2D eigenvalue weighted by atomic mass is 10.0. The Bertz CT molecular complexity index is 1390. The summed E-state index contributed by atoms with van der Waals surface area (Å²) < 4.78 is 23.0. The zero-order chi connectivity index (χ0) is 59.8. The molecule has 0 amide bonds. The number of allylic oxidation sites excluding steroid dienone is 4. The number of ether oxygens (including phenoxy) is 4. The number of esters is 2. The number of hydrogen-bond donors (Lipinski definition) is 1. The standard InChI is InChI=1S/C73H139NO8/c1-6-8-10-12-14-16-18-20-22-24-26-27-28-29-30-31-32-33-34-35-36-37-38-39-40-41-42-43-44-46-47-49-51-53-55-57-59-61-63-70(75)80-67-69(68-81-73(72(77)78)79-66-65-74(3,4)5)82-71(76)64-62-60-58-56-54-52-50-48-45-25-23-21-19-17-15-13-11-9-7-2/h15,17,21,23,69,73H,6-14,16,18-20,22,24-68H2,1-5H3/p+1/b17-15-,23-21-. The molecule has 484 valence electrons. The van der Waals surface area contributed by atoms with Crippen molar-refractivity contribution >= 4 is 17.9 Å². The van der Waals surface area contributed by atoms with Gasteiger partial charge in [-0.05, 0) is 44.9 Å². The van der Waals surface area contributed by atoms with Crippen LogP contribution >= 0.6 is 0 Å². The van der Waals surface area contributed by atoms with Crippen molar-refractivity contribution in [1.29, 1.82) is 0 Å². The number of carboxylic acid groups (broad SMARTS) is 1. The molecular weight excluding hydrogens is 1020 g/mol. The van der Waals surface area contributed by atoms with Crippen molar-refractivity contribution in [1.82, 2.24) is 0 Å². The summed E-state index contributed by atoms with van der Waals surface area (Å²) in [5.74, 6) is -1.99. The summed E-state index contributed by atoms with van der Waals surface area (Å²) >= 11 is 0. The van der Waals surface area contributed by atoms with E-state index in [-0.39, 0.29) is 32.2 Å². The molecule has 0 aliphatic rings. The predicted molar refractivity (Wildman–Crippen MR) is 351 cm³/mol. The van der Waals surface area contributed by atoms with Gasteiger partial charge in [-0.15, -0.1) is 0 Å². The minimum atomic E-state index is -1.51. The third-order valence-corrected chi connectivity index (χ3v) is 16.5. The largest absolute Gasteiger partial charge is 0.477 e. The van der Waals surface area contributed by atoms with Crippen molar-refractivity contribution in [2.75, 3.05) is 47.5 Å². The van der Waals surface area contributed by atoms with E-state index in [9.17, 15) is 19.5 Å². The maximum atomic E-state index is 12.9. The van der Waals surface area contributed by atoms with Gasteiger partial charge in [-0.3, -0.25) is 9.59 Å². The first-order chi connectivity index (χ1) is 40.1. The van der Waals surface area contributed by atoms with E-state index < -0.39 is 24.3 Å². The summed E-state index contributed by atoms with van der Waals surface area (Å²) in [6.07, 6.45) is 77.5. The minimum absolute atomic E-state index is 0.178. The van der Waals surface area contributed by atoms with Crippen LogP contribution in [-0.4, -0.2) is 87.4 Å². The van der Waals surface area contributed by atoms with Crippen molar-refractivity contribution in [3.63, 3.8) is 0 Å². The van der Waals surface area contributed by atoms with Crippen LogP contribution in [0.5, 0.6) is 0 Å². The molecule has 0 fully saturated rings. The van der Waals surface area contributed by atoms with Crippen molar-refractivity contribution < 1.29 is 42.9 Å². The van der Waals surface area contributed by atoms with Gasteiger partial charge >= 0.3 is 17.9 Å². The molecule has 2 unspecified atom stereocenters. The van der Waals surface area contributed by atoms with Gasteiger partial charge in [-0.1, -0.05) is 334 Å².